The molecule has 0 heteroatoms. The third kappa shape index (κ3) is 1.90. The van der Waals surface area contributed by atoms with Gasteiger partial charge in [-0.05, 0) is 251 Å². The maximum Gasteiger partial charge on any atom is 0.0403 e. The SMILES string of the molecule is C1=CC2=c3ccc4c5cc6c7c8c9c%10c%11c%12c%13c%14c(cc%15c%16c%17c%18c%19c(c3c4c3c5c7c%10c(c%18c%11c%14%16)c%193)C23Cc2ccc4ccccc4c2CC%173C=%151)CC%13=CC(C=C8CC6)C%129. The number of benzene rings is 11. The van der Waals surface area contributed by atoms with Crippen molar-refractivity contribution in [3.05, 3.63) is 151 Å². The Labute approximate surface area is 345 Å². The summed E-state index contributed by atoms with van der Waals surface area (Å²) in [6, 6.07) is 25.1. The van der Waals surface area contributed by atoms with Gasteiger partial charge in [-0.2, -0.15) is 0 Å². The van der Waals surface area contributed by atoms with Crippen molar-refractivity contribution < 1.29 is 0 Å². The Bertz CT molecular complexity index is 5000. The van der Waals surface area contributed by atoms with Crippen LogP contribution in [0.15, 0.2) is 85.0 Å². The van der Waals surface area contributed by atoms with Crippen LogP contribution in [0, 0.1) is 5.92 Å². The van der Waals surface area contributed by atoms with Gasteiger partial charge in [-0.25, -0.2) is 0 Å². The summed E-state index contributed by atoms with van der Waals surface area (Å²) in [5, 5.41) is 38.7. The van der Waals surface area contributed by atoms with Crippen LogP contribution in [-0.2, 0) is 36.5 Å². The number of aryl methyl sites for hydroxylation is 1. The second-order valence-electron chi connectivity index (χ2n) is 21.8. The van der Waals surface area contributed by atoms with Crippen LogP contribution in [-0.4, -0.2) is 0 Å². The van der Waals surface area contributed by atoms with Gasteiger partial charge in [0.25, 0.3) is 0 Å². The lowest BCUT2D eigenvalue weighted by atomic mass is 9.43. The molecule has 10 aliphatic rings. The molecule has 0 fully saturated rings. The molecule has 2 spiro atoms. The smallest absolute Gasteiger partial charge is 0.0403 e. The average Bonchev–Trinajstić information content (AvgIpc) is 4.12. The second-order valence-corrected chi connectivity index (χ2v) is 21.8. The zero-order valence-electron chi connectivity index (χ0n) is 32.8. The van der Waals surface area contributed by atoms with Gasteiger partial charge in [0.15, 0.2) is 0 Å². The molecule has 0 N–H and O–H groups in total. The molecule has 0 bridgehead atoms. The van der Waals surface area contributed by atoms with Crippen molar-refractivity contribution >= 4 is 141 Å². The van der Waals surface area contributed by atoms with E-state index < -0.39 is 0 Å². The van der Waals surface area contributed by atoms with Crippen molar-refractivity contribution in [3.8, 4) is 0 Å². The predicted octanol–water partition coefficient (Wildman–Crippen LogP) is 12.5. The molecule has 0 nitrogen and oxygen atoms in total. The fourth-order valence-electron chi connectivity index (χ4n) is 19.6. The standard InChI is InChI=1S/C61H26/c1-2-4-27-20(3-1)5-8-23-18-60-33-11-12-34-31-17-26-15-25-14-24-13-21-6-7-22-16-30-28-9-10-29(33)42-40(28)48-41(30)46-36(22)35(21)44-39(24)45-37(25)38(26)47-43(31)59(61(34,60)19-32(23)27)57-55-52(47)50(45)49(44)51(46)53(55)54(48)56(57)58(42)60/h1-5,8-14,16-17,24,39H,6-7,15,18-19H2. The molecule has 0 saturated heterocycles. The first-order valence-corrected chi connectivity index (χ1v) is 23.2. The summed E-state index contributed by atoms with van der Waals surface area (Å²) >= 11 is 0. The minimum atomic E-state index is -0.172. The first-order chi connectivity index (χ1) is 30.3. The third-order valence-corrected chi connectivity index (χ3v) is 20.7. The van der Waals surface area contributed by atoms with Crippen LogP contribution in [0.5, 0.6) is 0 Å². The molecule has 4 atom stereocenters. The van der Waals surface area contributed by atoms with Gasteiger partial charge in [0.2, 0.25) is 0 Å². The highest BCUT2D eigenvalue weighted by atomic mass is 14.7. The van der Waals surface area contributed by atoms with Gasteiger partial charge >= 0.3 is 0 Å². The maximum atomic E-state index is 2.79. The number of fused-ring (bicyclic) bond motifs is 4. The van der Waals surface area contributed by atoms with Crippen LogP contribution in [0.4, 0.5) is 0 Å². The fraction of sp³-hybridized carbons (Fsp3) is 0.148. The third-order valence-electron chi connectivity index (χ3n) is 20.7. The van der Waals surface area contributed by atoms with Crippen molar-refractivity contribution in [2.75, 3.05) is 0 Å². The quantitative estimate of drug-likeness (QED) is 0.107. The Hall–Kier alpha value is -6.76. The molecule has 23 rings (SSSR count). The minimum absolute atomic E-state index is 0.160. The van der Waals surface area contributed by atoms with Crippen LogP contribution in [0.1, 0.15) is 68.0 Å². The molecule has 270 valence electrons. The van der Waals surface area contributed by atoms with Crippen LogP contribution in [0.25, 0.3) is 141 Å². The van der Waals surface area contributed by atoms with Crippen LogP contribution in [0.3, 0.4) is 0 Å². The molecule has 0 heterocycles. The normalized spacial score (nSPS) is 26.6. The van der Waals surface area contributed by atoms with Crippen molar-refractivity contribution in [1.29, 1.82) is 0 Å². The molecule has 0 radical (unpaired) electrons. The van der Waals surface area contributed by atoms with Gasteiger partial charge in [0.05, 0.1) is 0 Å². The first-order valence-electron chi connectivity index (χ1n) is 23.2. The van der Waals surface area contributed by atoms with Crippen LogP contribution < -0.4 is 10.4 Å². The zero-order chi connectivity index (χ0) is 37.5. The van der Waals surface area contributed by atoms with E-state index in [1.807, 2.05) is 0 Å². The Morgan fingerprint density at radius 1 is 0.443 bits per heavy atom. The topological polar surface area (TPSA) is 0 Å². The van der Waals surface area contributed by atoms with Gasteiger partial charge in [-0.15, -0.1) is 0 Å². The lowest BCUT2D eigenvalue weighted by molar-refractivity contribution is 0.336. The van der Waals surface area contributed by atoms with Gasteiger partial charge in [0, 0.05) is 22.7 Å². The van der Waals surface area contributed by atoms with Gasteiger partial charge in [-0.3, -0.25) is 0 Å². The van der Waals surface area contributed by atoms with Crippen LogP contribution >= 0.6 is 0 Å². The molecular weight excluding hydrogens is 733 g/mol. The molecule has 61 heavy (non-hydrogen) atoms. The van der Waals surface area contributed by atoms with Crippen molar-refractivity contribution in [2.24, 2.45) is 5.92 Å². The summed E-state index contributed by atoms with van der Waals surface area (Å²) in [6.07, 6.45) is 16.5. The van der Waals surface area contributed by atoms with E-state index in [0.29, 0.717) is 11.8 Å². The molecule has 10 aliphatic carbocycles. The van der Waals surface area contributed by atoms with Crippen molar-refractivity contribution in [2.45, 2.75) is 48.9 Å². The Morgan fingerprint density at radius 3 is 2.00 bits per heavy atom. The predicted molar refractivity (Wildman–Crippen MR) is 252 cm³/mol. The molecular formula is C61H26. The first kappa shape index (κ1) is 26.5. The number of hydrogen-bond acceptors (Lipinski definition) is 0. The van der Waals surface area contributed by atoms with E-state index in [-0.39, 0.29) is 10.8 Å². The zero-order valence-corrected chi connectivity index (χ0v) is 32.8. The van der Waals surface area contributed by atoms with Gasteiger partial charge < -0.3 is 0 Å². The fourth-order valence-corrected chi connectivity index (χ4v) is 19.6. The summed E-state index contributed by atoms with van der Waals surface area (Å²) in [7, 11) is 0. The van der Waals surface area contributed by atoms with Crippen molar-refractivity contribution in [3.63, 3.8) is 0 Å². The molecule has 4 unspecified atom stereocenters. The molecule has 0 aromatic heterocycles. The number of hydrogen-bond donors (Lipinski definition) is 0. The highest BCUT2D eigenvalue weighted by molar-refractivity contribution is 6.61. The summed E-state index contributed by atoms with van der Waals surface area (Å²) in [5.41, 5.74) is 22.9. The Balaban J connectivity index is 1.15. The van der Waals surface area contributed by atoms with E-state index in [1.54, 1.807) is 180 Å². The lowest BCUT2D eigenvalue weighted by Crippen LogP contribution is -2.57. The second kappa shape index (κ2) is 6.98. The molecule has 0 amide bonds. The minimum Gasteiger partial charge on any atom is -0.0728 e. The lowest BCUT2D eigenvalue weighted by Gasteiger charge is -2.58. The largest absolute Gasteiger partial charge is 0.0728 e. The monoisotopic (exact) mass is 758 g/mol. The highest BCUT2D eigenvalue weighted by Gasteiger charge is 2.68. The summed E-state index contributed by atoms with van der Waals surface area (Å²) in [4.78, 5) is 0. The van der Waals surface area contributed by atoms with E-state index in [1.165, 1.54) is 33.2 Å². The summed E-state index contributed by atoms with van der Waals surface area (Å²) in [5.74, 6) is 0.897. The number of allylic oxidation sites excluding steroid dienone is 6. The van der Waals surface area contributed by atoms with E-state index in [4.69, 9.17) is 0 Å². The average molecular weight is 759 g/mol. The van der Waals surface area contributed by atoms with E-state index in [2.05, 4.69) is 85.0 Å². The van der Waals surface area contributed by atoms with E-state index in [9.17, 15) is 0 Å². The Morgan fingerprint density at radius 2 is 1.11 bits per heavy atom. The van der Waals surface area contributed by atoms with Crippen molar-refractivity contribution in [1.82, 2.24) is 0 Å². The van der Waals surface area contributed by atoms with Gasteiger partial charge in [-0.1, -0.05) is 72.8 Å². The molecule has 0 aliphatic heterocycles. The maximum absolute atomic E-state index is 2.79. The molecule has 13 aromatic carbocycles. The summed E-state index contributed by atoms with van der Waals surface area (Å²) in [6.45, 7) is 0. The highest BCUT2D eigenvalue weighted by Crippen LogP contribution is 2.77. The van der Waals surface area contributed by atoms with Gasteiger partial charge in [0.1, 0.15) is 0 Å². The summed E-state index contributed by atoms with van der Waals surface area (Å²) < 4.78 is 0. The number of rotatable bonds is 0. The van der Waals surface area contributed by atoms with E-state index in [0.717, 1.165) is 25.7 Å². The van der Waals surface area contributed by atoms with Crippen LogP contribution in [0.2, 0.25) is 0 Å². The molecule has 0 saturated carbocycles. The van der Waals surface area contributed by atoms with E-state index >= 15 is 0 Å². The Kier molecular flexibility index (Phi) is 3.03. The molecule has 13 aromatic rings.